The van der Waals surface area contributed by atoms with Gasteiger partial charge in [-0.1, -0.05) is 12.1 Å². The smallest absolute Gasteiger partial charge is 0.416 e. The molecule has 0 aliphatic heterocycles. The van der Waals surface area contributed by atoms with Crippen LogP contribution in [0.1, 0.15) is 41.9 Å². The maximum Gasteiger partial charge on any atom is 0.416 e. The van der Waals surface area contributed by atoms with Crippen molar-refractivity contribution >= 4 is 5.97 Å². The van der Waals surface area contributed by atoms with E-state index in [2.05, 4.69) is 0 Å². The van der Waals surface area contributed by atoms with Crippen molar-refractivity contribution in [3.8, 4) is 5.75 Å². The lowest BCUT2D eigenvalue weighted by atomic mass is 9.91. The summed E-state index contributed by atoms with van der Waals surface area (Å²) in [4.78, 5) is 23.8. The van der Waals surface area contributed by atoms with Crippen molar-refractivity contribution in [1.82, 2.24) is 0 Å². The topological polar surface area (TPSA) is 97.0 Å². The second-order valence-electron chi connectivity index (χ2n) is 5.63. The monoisotopic (exact) mass is 386 g/mol. The first-order valence-electron chi connectivity index (χ1n) is 7.96. The van der Waals surface area contributed by atoms with E-state index < -0.39 is 41.4 Å². The zero-order valence-corrected chi connectivity index (χ0v) is 14.2. The van der Waals surface area contributed by atoms with E-state index in [1.165, 1.54) is 0 Å². The number of carbonyl (C=O) groups excluding carboxylic acids is 1. The lowest BCUT2D eigenvalue weighted by Gasteiger charge is -2.18. The van der Waals surface area contributed by atoms with Crippen LogP contribution in [0.25, 0.3) is 0 Å². The van der Waals surface area contributed by atoms with Crippen molar-refractivity contribution in [2.24, 2.45) is 0 Å². The van der Waals surface area contributed by atoms with Crippen molar-refractivity contribution in [3.05, 3.63) is 63.2 Å². The summed E-state index contributed by atoms with van der Waals surface area (Å²) in [7, 11) is 0. The number of hydrogen-bond acceptors (Lipinski definition) is 6. The van der Waals surface area contributed by atoms with E-state index in [0.29, 0.717) is 0 Å². The summed E-state index contributed by atoms with van der Waals surface area (Å²) >= 11 is 0. The molecule has 2 N–H and O–H groups in total. The van der Waals surface area contributed by atoms with Crippen molar-refractivity contribution in [1.29, 1.82) is 0 Å². The van der Waals surface area contributed by atoms with Crippen molar-refractivity contribution in [2.75, 3.05) is 6.61 Å². The van der Waals surface area contributed by atoms with Crippen molar-refractivity contribution in [2.45, 2.75) is 32.0 Å². The Hall–Kier alpha value is -2.81. The Morgan fingerprint density at radius 3 is 2.41 bits per heavy atom. The van der Waals surface area contributed by atoms with E-state index in [0.717, 1.165) is 30.3 Å². The largest absolute Gasteiger partial charge is 0.502 e. The Morgan fingerprint density at radius 2 is 1.89 bits per heavy atom. The summed E-state index contributed by atoms with van der Waals surface area (Å²) in [6.07, 6.45) is -4.93. The van der Waals surface area contributed by atoms with Crippen LogP contribution >= 0.6 is 0 Å². The molecule has 0 amide bonds. The summed E-state index contributed by atoms with van der Waals surface area (Å²) in [6, 6.07) is 4.76. The highest BCUT2D eigenvalue weighted by atomic mass is 19.4. The minimum Gasteiger partial charge on any atom is -0.502 e. The van der Waals surface area contributed by atoms with Crippen molar-refractivity contribution < 1.29 is 37.3 Å². The van der Waals surface area contributed by atoms with Gasteiger partial charge in [0.2, 0.25) is 11.2 Å². The van der Waals surface area contributed by atoms with Crippen LogP contribution in [0.15, 0.2) is 39.5 Å². The third-order valence-corrected chi connectivity index (χ3v) is 3.79. The van der Waals surface area contributed by atoms with Gasteiger partial charge in [0.05, 0.1) is 24.5 Å². The van der Waals surface area contributed by atoms with Gasteiger partial charge in [-0.25, -0.2) is 0 Å². The Kier molecular flexibility index (Phi) is 6.27. The zero-order valence-electron chi connectivity index (χ0n) is 14.2. The molecular formula is C18H17F3O6. The quantitative estimate of drug-likeness (QED) is 0.741. The standard InChI is InChI=1S/C18H17F3O6/c1-2-26-15(24)8-13(10-3-5-11(6-4-10)18(19,20)21)17-16(25)14(23)7-12(9-22)27-17/h3-7,13,22,25H,2,8-9H2,1H3. The van der Waals surface area contributed by atoms with Crippen LogP contribution in [0, 0.1) is 0 Å². The van der Waals surface area contributed by atoms with Gasteiger partial charge in [-0.15, -0.1) is 0 Å². The van der Waals surface area contributed by atoms with Crippen molar-refractivity contribution in [3.63, 3.8) is 0 Å². The number of benzene rings is 1. The number of hydrogen-bond donors (Lipinski definition) is 2. The lowest BCUT2D eigenvalue weighted by molar-refractivity contribution is -0.143. The summed E-state index contributed by atoms with van der Waals surface area (Å²) in [6.45, 7) is 1.02. The van der Waals surface area contributed by atoms with E-state index in [-0.39, 0.29) is 30.1 Å². The number of aromatic hydroxyl groups is 1. The predicted octanol–water partition coefficient (Wildman–Crippen LogP) is 2.94. The summed E-state index contributed by atoms with van der Waals surface area (Å²) in [5, 5.41) is 19.2. The van der Waals surface area contributed by atoms with E-state index in [1.54, 1.807) is 6.92 Å². The molecule has 0 radical (unpaired) electrons. The van der Waals surface area contributed by atoms with Gasteiger partial charge in [-0.05, 0) is 24.6 Å². The van der Waals surface area contributed by atoms with Crippen LogP contribution < -0.4 is 5.43 Å². The molecule has 0 fully saturated rings. The highest BCUT2D eigenvalue weighted by Crippen LogP contribution is 2.35. The number of rotatable bonds is 6. The number of aliphatic hydroxyl groups excluding tert-OH is 1. The maximum atomic E-state index is 12.8. The molecule has 1 heterocycles. The molecule has 9 heteroatoms. The first kappa shape index (κ1) is 20.5. The molecule has 2 rings (SSSR count). The molecule has 0 saturated heterocycles. The minimum atomic E-state index is -4.54. The average Bonchev–Trinajstić information content (AvgIpc) is 2.62. The fourth-order valence-corrected chi connectivity index (χ4v) is 2.52. The van der Waals surface area contributed by atoms with E-state index in [9.17, 15) is 33.0 Å². The first-order chi connectivity index (χ1) is 12.7. The SMILES string of the molecule is CCOC(=O)CC(c1ccc(C(F)(F)F)cc1)c1oc(CO)cc(=O)c1O. The molecule has 1 aromatic carbocycles. The van der Waals surface area contributed by atoms with Crippen LogP contribution in [0.2, 0.25) is 0 Å². The highest BCUT2D eigenvalue weighted by Gasteiger charge is 2.31. The fourth-order valence-electron chi connectivity index (χ4n) is 2.52. The van der Waals surface area contributed by atoms with Crippen LogP contribution in [-0.4, -0.2) is 22.8 Å². The molecule has 1 atom stereocenters. The number of alkyl halides is 3. The number of aliphatic hydroxyl groups is 1. The molecule has 0 saturated carbocycles. The van der Waals surface area contributed by atoms with Gasteiger partial charge in [-0.3, -0.25) is 9.59 Å². The number of ether oxygens (including phenoxy) is 1. The molecule has 2 aromatic rings. The Balaban J connectivity index is 2.54. The highest BCUT2D eigenvalue weighted by molar-refractivity contribution is 5.71. The van der Waals surface area contributed by atoms with Gasteiger partial charge in [-0.2, -0.15) is 13.2 Å². The average molecular weight is 386 g/mol. The van der Waals surface area contributed by atoms with Crippen LogP contribution in [0.4, 0.5) is 13.2 Å². The van der Waals surface area contributed by atoms with Crippen LogP contribution in [-0.2, 0) is 22.3 Å². The fraction of sp³-hybridized carbons (Fsp3) is 0.333. The minimum absolute atomic E-state index is 0.0746. The van der Waals surface area contributed by atoms with Crippen LogP contribution in [0.5, 0.6) is 5.75 Å². The van der Waals surface area contributed by atoms with Gasteiger partial charge >= 0.3 is 12.1 Å². The molecule has 1 aromatic heterocycles. The summed E-state index contributed by atoms with van der Waals surface area (Å²) in [5.41, 5.74) is -1.54. The maximum absolute atomic E-state index is 12.8. The van der Waals surface area contributed by atoms with Gasteiger partial charge in [0, 0.05) is 6.07 Å². The molecule has 146 valence electrons. The third kappa shape index (κ3) is 4.88. The van der Waals surface area contributed by atoms with E-state index in [4.69, 9.17) is 9.15 Å². The molecule has 0 spiro atoms. The molecule has 0 bridgehead atoms. The zero-order chi connectivity index (χ0) is 20.2. The Labute approximate surface area is 151 Å². The molecule has 6 nitrogen and oxygen atoms in total. The molecule has 27 heavy (non-hydrogen) atoms. The summed E-state index contributed by atoms with van der Waals surface area (Å²) in [5.74, 6) is -3.06. The molecule has 0 aliphatic rings. The first-order valence-corrected chi connectivity index (χ1v) is 7.96. The lowest BCUT2D eigenvalue weighted by Crippen LogP contribution is -2.15. The molecule has 1 unspecified atom stereocenters. The second kappa shape index (κ2) is 8.26. The normalized spacial score (nSPS) is 12.6. The van der Waals surface area contributed by atoms with E-state index in [1.807, 2.05) is 0 Å². The second-order valence-corrected chi connectivity index (χ2v) is 5.63. The van der Waals surface area contributed by atoms with Crippen LogP contribution in [0.3, 0.4) is 0 Å². The number of halogens is 3. The molecular weight excluding hydrogens is 369 g/mol. The van der Waals surface area contributed by atoms with E-state index >= 15 is 0 Å². The Morgan fingerprint density at radius 1 is 1.26 bits per heavy atom. The molecule has 0 aliphatic carbocycles. The van der Waals surface area contributed by atoms with Gasteiger partial charge in [0.15, 0.2) is 5.76 Å². The summed E-state index contributed by atoms with van der Waals surface area (Å²) < 4.78 is 48.5. The number of carbonyl (C=O) groups is 1. The predicted molar refractivity (Wildman–Crippen MR) is 87.1 cm³/mol. The third-order valence-electron chi connectivity index (χ3n) is 3.79. The van der Waals surface area contributed by atoms with Gasteiger partial charge < -0.3 is 19.4 Å². The van der Waals surface area contributed by atoms with Gasteiger partial charge in [0.1, 0.15) is 12.4 Å². The number of esters is 1. The Bertz CT molecular complexity index is 855. The van der Waals surface area contributed by atoms with Gasteiger partial charge in [0.25, 0.3) is 0 Å².